The second-order valence-corrected chi connectivity index (χ2v) is 20.8. The zero-order valence-corrected chi connectivity index (χ0v) is 38.3. The van der Waals surface area contributed by atoms with Crippen molar-refractivity contribution in [3.63, 3.8) is 0 Å². The summed E-state index contributed by atoms with van der Waals surface area (Å²) in [5.74, 6) is 0.997. The fourth-order valence-corrected chi connectivity index (χ4v) is 10.5. The van der Waals surface area contributed by atoms with Crippen LogP contribution in [0.4, 0.5) is 28.8 Å². The molecule has 1 atom stereocenters. The molecule has 0 spiro atoms. The fourth-order valence-electron chi connectivity index (χ4n) is 9.25. The smallest absolute Gasteiger partial charge is 0.255 e. The van der Waals surface area contributed by atoms with Gasteiger partial charge in [-0.25, -0.2) is 4.98 Å². The number of amides is 3. The van der Waals surface area contributed by atoms with Crippen LogP contribution in [0.15, 0.2) is 60.8 Å². The second-order valence-electron chi connectivity index (χ2n) is 17.2. The minimum Gasteiger partial charge on any atom is -0.494 e. The predicted octanol–water partition coefficient (Wildman–Crippen LogP) is 5.57. The monoisotopic (exact) mass is 913 g/mol. The molecule has 0 aliphatic carbocycles. The zero-order chi connectivity index (χ0) is 45.0. The van der Waals surface area contributed by atoms with Crippen LogP contribution in [0, 0.1) is 0 Å². The van der Waals surface area contributed by atoms with E-state index in [4.69, 9.17) is 21.1 Å². The molecule has 4 aliphatic heterocycles. The minimum atomic E-state index is -2.58. The van der Waals surface area contributed by atoms with E-state index in [1.54, 1.807) is 31.4 Å². The highest BCUT2D eigenvalue weighted by Crippen LogP contribution is 2.40. The van der Waals surface area contributed by atoms with Gasteiger partial charge in [0, 0.05) is 85.5 Å². The molecule has 64 heavy (non-hydrogen) atoms. The number of aliphatic hydroxyl groups excluding tert-OH is 1. The highest BCUT2D eigenvalue weighted by molar-refractivity contribution is 7.70. The lowest BCUT2D eigenvalue weighted by atomic mass is 10.00. The third kappa shape index (κ3) is 10.2. The lowest BCUT2D eigenvalue weighted by Crippen LogP contribution is -2.53. The molecule has 4 aliphatic rings. The third-order valence-electron chi connectivity index (χ3n) is 12.7. The number of fused-ring (bicyclic) bond motifs is 1. The summed E-state index contributed by atoms with van der Waals surface area (Å²) in [4.78, 5) is 55.3. The number of nitrogens with one attached hydrogen (secondary N) is 3. The number of benzene rings is 3. The molecular weight excluding hydrogens is 857 g/mol. The van der Waals surface area contributed by atoms with E-state index >= 15 is 0 Å². The number of aliphatic hydroxyl groups is 1. The summed E-state index contributed by atoms with van der Waals surface area (Å²) in [7, 11) is -0.964. The van der Waals surface area contributed by atoms with Crippen LogP contribution in [0.3, 0.4) is 0 Å². The van der Waals surface area contributed by atoms with Gasteiger partial charge in [0.25, 0.3) is 5.91 Å². The maximum absolute atomic E-state index is 13.2. The molecule has 4 N–H and O–H groups in total. The quantitative estimate of drug-likeness (QED) is 0.0622. The summed E-state index contributed by atoms with van der Waals surface area (Å²) in [6, 6.07) is 16.6. The number of hydrogen-bond acceptors (Lipinski definition) is 14. The van der Waals surface area contributed by atoms with Crippen molar-refractivity contribution in [2.45, 2.75) is 63.8 Å². The molecule has 18 heteroatoms. The van der Waals surface area contributed by atoms with Gasteiger partial charge in [0.2, 0.25) is 17.8 Å². The summed E-state index contributed by atoms with van der Waals surface area (Å²) < 4.78 is 25.0. The maximum atomic E-state index is 13.2. The molecular formula is C46H57ClN9O7P. The van der Waals surface area contributed by atoms with Crippen molar-refractivity contribution in [1.82, 2.24) is 30.0 Å². The van der Waals surface area contributed by atoms with E-state index in [0.29, 0.717) is 70.2 Å². The average Bonchev–Trinajstić information content (AvgIpc) is 3.63. The third-order valence-corrected chi connectivity index (χ3v) is 14.5. The number of rotatable bonds is 16. The molecule has 0 radical (unpaired) electrons. The molecule has 3 aromatic carbocycles. The van der Waals surface area contributed by atoms with E-state index in [2.05, 4.69) is 40.6 Å². The number of unbranched alkanes of at least 4 members (excludes halogenated alkanes) is 1. The maximum Gasteiger partial charge on any atom is 0.255 e. The Bertz CT molecular complexity index is 2420. The Morgan fingerprint density at radius 1 is 0.922 bits per heavy atom. The van der Waals surface area contributed by atoms with Crippen molar-refractivity contribution in [2.75, 3.05) is 88.4 Å². The van der Waals surface area contributed by atoms with Gasteiger partial charge in [-0.1, -0.05) is 29.8 Å². The number of hydrogen-bond donors (Lipinski definition) is 4. The first-order chi connectivity index (χ1) is 30.9. The molecule has 1 aromatic heterocycles. The molecule has 5 heterocycles. The summed E-state index contributed by atoms with van der Waals surface area (Å²) >= 11 is 6.50. The van der Waals surface area contributed by atoms with Gasteiger partial charge in [-0.05, 0) is 82.3 Å². The molecule has 1 unspecified atom stereocenters. The predicted molar refractivity (Wildman–Crippen MR) is 249 cm³/mol. The van der Waals surface area contributed by atoms with Crippen molar-refractivity contribution in [3.8, 4) is 11.5 Å². The number of aromatic nitrogens is 2. The number of piperidine rings is 2. The van der Waals surface area contributed by atoms with Gasteiger partial charge in [0.15, 0.2) is 5.82 Å². The van der Waals surface area contributed by atoms with Crippen molar-refractivity contribution in [2.24, 2.45) is 0 Å². The first-order valence-corrected chi connectivity index (χ1v) is 25.0. The lowest BCUT2D eigenvalue weighted by Gasteiger charge is -2.43. The van der Waals surface area contributed by atoms with Crippen LogP contribution >= 0.6 is 18.7 Å². The molecule has 0 saturated carbocycles. The van der Waals surface area contributed by atoms with Crippen LogP contribution < -0.4 is 35.6 Å². The van der Waals surface area contributed by atoms with Crippen molar-refractivity contribution in [3.05, 3.63) is 82.5 Å². The Labute approximate surface area is 379 Å². The van der Waals surface area contributed by atoms with Gasteiger partial charge in [-0.2, -0.15) is 4.98 Å². The number of methoxy groups -OCH3 is 1. The SMILES string of the molecule is COc1cc(N2CCC(N3CCN(CCCCOc4cccc5c4CN(C4CCC(=O)NC4=O)C5=O)CC3)CC2)c(CO)cc1Nc1ncc(Cl)c(Nc2ccccc2P(C)(C)=O)n1. The fraction of sp³-hybridized carbons (Fsp3) is 0.457. The minimum absolute atomic E-state index is 0.151. The molecule has 0 bridgehead atoms. The highest BCUT2D eigenvalue weighted by Gasteiger charge is 2.40. The van der Waals surface area contributed by atoms with Crippen LogP contribution in [0.25, 0.3) is 0 Å². The Morgan fingerprint density at radius 2 is 1.70 bits per heavy atom. The van der Waals surface area contributed by atoms with Crippen LogP contribution in [0.5, 0.6) is 11.5 Å². The molecule has 4 aromatic rings. The number of para-hydroxylation sites is 1. The number of piperazine rings is 1. The van der Waals surface area contributed by atoms with Crippen LogP contribution in [-0.4, -0.2) is 132 Å². The molecule has 3 saturated heterocycles. The van der Waals surface area contributed by atoms with Gasteiger partial charge >= 0.3 is 0 Å². The second kappa shape index (κ2) is 19.9. The van der Waals surface area contributed by atoms with Crippen molar-refractivity contribution >= 4 is 70.6 Å². The number of nitrogens with zero attached hydrogens (tertiary/aromatic N) is 6. The number of imide groups is 1. The Morgan fingerprint density at radius 3 is 2.44 bits per heavy atom. The normalized spacial score (nSPS) is 18.8. The van der Waals surface area contributed by atoms with Crippen LogP contribution in [0.2, 0.25) is 5.02 Å². The Hall–Kier alpha value is -5.25. The number of anilines is 5. The van der Waals surface area contributed by atoms with Gasteiger partial charge < -0.3 is 44.5 Å². The first kappa shape index (κ1) is 45.3. The summed E-state index contributed by atoms with van der Waals surface area (Å²) in [6.45, 7) is 11.0. The average molecular weight is 914 g/mol. The van der Waals surface area contributed by atoms with Gasteiger partial charge in [0.05, 0.1) is 44.4 Å². The standard InChI is InChI=1S/C46H57ClN9O7P/c1-62-40-26-38(30(29-57)25-36(40)50-46-48-27-34(47)43(52-46)49-35-10-4-5-12-41(35)64(2,3)61)55-18-15-31(16-19-55)54-22-20-53(21-23-54)17-6-7-24-63-39-11-8-9-32-33(39)28-56(45(32)60)37-13-14-42(58)51-44(37)59/h4-5,8-12,25-27,31,37,57H,6-7,13-24,28-29H2,1-3H3,(H,51,58,59)(H2,48,49,50,52). The topological polar surface area (TPSA) is 182 Å². The summed E-state index contributed by atoms with van der Waals surface area (Å²) in [5, 5.41) is 20.4. The van der Waals surface area contributed by atoms with Crippen LogP contribution in [-0.2, 0) is 27.3 Å². The van der Waals surface area contributed by atoms with E-state index in [-0.39, 0.29) is 30.8 Å². The van der Waals surface area contributed by atoms with E-state index in [0.717, 1.165) is 88.3 Å². The molecule has 3 amide bonds. The number of halogens is 1. The van der Waals surface area contributed by atoms with Gasteiger partial charge in [0.1, 0.15) is 29.7 Å². The number of carbonyl (C=O) groups is 3. The first-order valence-electron chi connectivity index (χ1n) is 22.0. The van der Waals surface area contributed by atoms with Gasteiger partial charge in [-0.15, -0.1) is 0 Å². The van der Waals surface area contributed by atoms with Crippen LogP contribution in [0.1, 0.15) is 60.0 Å². The highest BCUT2D eigenvalue weighted by atomic mass is 35.5. The van der Waals surface area contributed by atoms with E-state index in [1.165, 1.54) is 6.20 Å². The van der Waals surface area contributed by atoms with E-state index < -0.39 is 19.1 Å². The molecule has 8 rings (SSSR count). The van der Waals surface area contributed by atoms with E-state index in [1.807, 2.05) is 48.5 Å². The number of ether oxygens (including phenoxy) is 2. The zero-order valence-electron chi connectivity index (χ0n) is 36.6. The molecule has 340 valence electrons. The Kier molecular flexibility index (Phi) is 14.1. The summed E-state index contributed by atoms with van der Waals surface area (Å²) in [6.07, 6.45) is 5.99. The largest absolute Gasteiger partial charge is 0.494 e. The number of carbonyl (C=O) groups excluding carboxylic acids is 3. The van der Waals surface area contributed by atoms with E-state index in [9.17, 15) is 24.1 Å². The molecule has 16 nitrogen and oxygen atoms in total. The van der Waals surface area contributed by atoms with Gasteiger partial charge in [-0.3, -0.25) is 24.6 Å². The van der Waals surface area contributed by atoms with Crippen molar-refractivity contribution < 1.29 is 33.5 Å². The lowest BCUT2D eigenvalue weighted by molar-refractivity contribution is -0.136. The summed E-state index contributed by atoms with van der Waals surface area (Å²) in [5.41, 5.74) is 4.33. The van der Waals surface area contributed by atoms with Crippen molar-refractivity contribution in [1.29, 1.82) is 0 Å². The molecule has 3 fully saturated rings. The Balaban J connectivity index is 0.789.